The molecule has 0 aromatic heterocycles. The lowest BCUT2D eigenvalue weighted by molar-refractivity contribution is 0.0730. The van der Waals surface area contributed by atoms with Crippen molar-refractivity contribution in [1.29, 1.82) is 0 Å². The predicted octanol–water partition coefficient (Wildman–Crippen LogP) is 2.55. The smallest absolute Gasteiger partial charge is 0.255 e. The summed E-state index contributed by atoms with van der Waals surface area (Å²) >= 11 is 0. The van der Waals surface area contributed by atoms with Crippen LogP contribution in [0.4, 0.5) is 14.5 Å². The maximum Gasteiger partial charge on any atom is 0.255 e. The largest absolute Gasteiger partial charge is 0.379 e. The highest BCUT2D eigenvalue weighted by Gasteiger charge is 2.28. The number of aryl methyl sites for hydroxylation is 1. The molecule has 0 unspecified atom stereocenters. The second kappa shape index (κ2) is 7.71. The third-order valence-electron chi connectivity index (χ3n) is 4.22. The molecule has 0 bridgehead atoms. The number of carbonyl (C=O) groups is 1. The van der Waals surface area contributed by atoms with E-state index in [1.807, 2.05) is 0 Å². The Kier molecular flexibility index (Phi) is 5.54. The highest BCUT2D eigenvalue weighted by Crippen LogP contribution is 2.23. The van der Waals surface area contributed by atoms with E-state index in [2.05, 4.69) is 5.32 Å². The van der Waals surface area contributed by atoms with Crippen LogP contribution in [-0.4, -0.2) is 44.9 Å². The van der Waals surface area contributed by atoms with Gasteiger partial charge in [-0.2, -0.15) is 4.31 Å². The summed E-state index contributed by atoms with van der Waals surface area (Å²) in [6.45, 7) is 2.76. The van der Waals surface area contributed by atoms with Gasteiger partial charge in [-0.3, -0.25) is 4.79 Å². The molecule has 1 aliphatic rings. The maximum absolute atomic E-state index is 13.3. The van der Waals surface area contributed by atoms with E-state index in [4.69, 9.17) is 4.74 Å². The summed E-state index contributed by atoms with van der Waals surface area (Å²) in [4.78, 5) is 12.5. The van der Waals surface area contributed by atoms with E-state index in [0.717, 1.165) is 12.1 Å². The summed E-state index contributed by atoms with van der Waals surface area (Å²) in [7, 11) is -3.77. The number of rotatable bonds is 4. The van der Waals surface area contributed by atoms with Gasteiger partial charge in [-0.15, -0.1) is 0 Å². The summed E-state index contributed by atoms with van der Waals surface area (Å²) < 4.78 is 58.5. The number of ether oxygens (including phenoxy) is 1. The second-order valence-corrected chi connectivity index (χ2v) is 7.99. The molecule has 1 heterocycles. The third-order valence-corrected chi connectivity index (χ3v) is 6.26. The zero-order valence-corrected chi connectivity index (χ0v) is 15.4. The Morgan fingerprint density at radius 2 is 1.78 bits per heavy atom. The van der Waals surface area contributed by atoms with Crippen molar-refractivity contribution in [3.05, 3.63) is 59.2 Å². The van der Waals surface area contributed by atoms with E-state index >= 15 is 0 Å². The van der Waals surface area contributed by atoms with E-state index in [1.165, 1.54) is 28.6 Å². The van der Waals surface area contributed by atoms with Crippen LogP contribution in [-0.2, 0) is 14.8 Å². The Hall–Kier alpha value is -2.36. The number of anilines is 1. The maximum atomic E-state index is 13.3. The van der Waals surface area contributed by atoms with E-state index in [1.54, 1.807) is 6.92 Å². The number of carbonyl (C=O) groups excluding carboxylic acids is 1. The average Bonchev–Trinajstić information content (AvgIpc) is 2.65. The quantitative estimate of drug-likeness (QED) is 0.862. The van der Waals surface area contributed by atoms with Crippen molar-refractivity contribution in [1.82, 2.24) is 4.31 Å². The van der Waals surface area contributed by atoms with Crippen molar-refractivity contribution in [2.45, 2.75) is 11.8 Å². The van der Waals surface area contributed by atoms with E-state index in [-0.39, 0.29) is 29.2 Å². The first-order chi connectivity index (χ1) is 12.8. The van der Waals surface area contributed by atoms with Crippen LogP contribution in [0.1, 0.15) is 15.9 Å². The predicted molar refractivity (Wildman–Crippen MR) is 95.1 cm³/mol. The van der Waals surface area contributed by atoms with Gasteiger partial charge in [0, 0.05) is 30.4 Å². The molecular formula is C18H18F2N2O4S. The standard InChI is InChI=1S/C18H18F2N2O4S/c1-12-2-3-13(18(23)21-14-4-5-15(19)16(20)11-14)10-17(12)27(24,25)22-6-8-26-9-7-22/h2-5,10-11H,6-9H2,1H3,(H,21,23). The van der Waals surface area contributed by atoms with Gasteiger partial charge in [-0.1, -0.05) is 6.07 Å². The van der Waals surface area contributed by atoms with Crippen molar-refractivity contribution in [2.75, 3.05) is 31.6 Å². The van der Waals surface area contributed by atoms with Gasteiger partial charge in [-0.05, 0) is 36.8 Å². The van der Waals surface area contributed by atoms with E-state index < -0.39 is 27.6 Å². The summed E-state index contributed by atoms with van der Waals surface area (Å²) in [6.07, 6.45) is 0. The molecule has 2 aromatic rings. The first-order valence-electron chi connectivity index (χ1n) is 8.24. The number of morpholine rings is 1. The monoisotopic (exact) mass is 396 g/mol. The van der Waals surface area contributed by atoms with Crippen LogP contribution in [0, 0.1) is 18.6 Å². The summed E-state index contributed by atoms with van der Waals surface area (Å²) in [6, 6.07) is 7.27. The fourth-order valence-corrected chi connectivity index (χ4v) is 4.38. The SMILES string of the molecule is Cc1ccc(C(=O)Nc2ccc(F)c(F)c2)cc1S(=O)(=O)N1CCOCC1. The first kappa shape index (κ1) is 19.4. The zero-order valence-electron chi connectivity index (χ0n) is 14.5. The fraction of sp³-hybridized carbons (Fsp3) is 0.278. The van der Waals surface area contributed by atoms with Gasteiger partial charge in [0.1, 0.15) is 0 Å². The van der Waals surface area contributed by atoms with Crippen LogP contribution >= 0.6 is 0 Å². The summed E-state index contributed by atoms with van der Waals surface area (Å²) in [5.41, 5.74) is 0.667. The van der Waals surface area contributed by atoms with Crippen LogP contribution in [0.5, 0.6) is 0 Å². The highest BCUT2D eigenvalue weighted by atomic mass is 32.2. The Morgan fingerprint density at radius 3 is 2.44 bits per heavy atom. The molecule has 27 heavy (non-hydrogen) atoms. The molecule has 0 atom stereocenters. The normalized spacial score (nSPS) is 15.5. The first-order valence-corrected chi connectivity index (χ1v) is 9.68. The Balaban J connectivity index is 1.88. The Labute approximate surface area is 155 Å². The van der Waals surface area contributed by atoms with Crippen LogP contribution in [0.25, 0.3) is 0 Å². The molecule has 9 heteroatoms. The number of hydrogen-bond donors (Lipinski definition) is 1. The van der Waals surface area contributed by atoms with Crippen LogP contribution in [0.15, 0.2) is 41.3 Å². The number of nitrogens with zero attached hydrogens (tertiary/aromatic N) is 1. The minimum absolute atomic E-state index is 0.0299. The minimum Gasteiger partial charge on any atom is -0.379 e. The van der Waals surface area contributed by atoms with Crippen molar-refractivity contribution in [2.24, 2.45) is 0 Å². The molecule has 1 aliphatic heterocycles. The lowest BCUT2D eigenvalue weighted by Gasteiger charge is -2.26. The topological polar surface area (TPSA) is 75.7 Å². The number of sulfonamides is 1. The van der Waals surface area contributed by atoms with Crippen LogP contribution in [0.3, 0.4) is 0 Å². The second-order valence-electron chi connectivity index (χ2n) is 6.08. The molecule has 6 nitrogen and oxygen atoms in total. The Morgan fingerprint density at radius 1 is 1.07 bits per heavy atom. The van der Waals surface area contributed by atoms with Gasteiger partial charge in [0.25, 0.3) is 5.91 Å². The summed E-state index contributed by atoms with van der Waals surface area (Å²) in [5, 5.41) is 2.43. The molecule has 1 fully saturated rings. The number of nitrogens with one attached hydrogen (secondary N) is 1. The van der Waals surface area contributed by atoms with Crippen molar-refractivity contribution >= 4 is 21.6 Å². The number of hydrogen-bond acceptors (Lipinski definition) is 4. The van der Waals surface area contributed by atoms with Gasteiger partial charge in [0.2, 0.25) is 10.0 Å². The molecule has 3 rings (SSSR count). The molecule has 1 saturated heterocycles. The minimum atomic E-state index is -3.77. The molecule has 0 saturated carbocycles. The number of benzene rings is 2. The van der Waals surface area contributed by atoms with E-state index in [0.29, 0.717) is 18.8 Å². The number of amides is 1. The van der Waals surface area contributed by atoms with Crippen LogP contribution in [0.2, 0.25) is 0 Å². The van der Waals surface area contributed by atoms with Gasteiger partial charge in [0.05, 0.1) is 18.1 Å². The van der Waals surface area contributed by atoms with Crippen LogP contribution < -0.4 is 5.32 Å². The number of halogens is 2. The lowest BCUT2D eigenvalue weighted by atomic mass is 10.1. The molecule has 0 aliphatic carbocycles. The van der Waals surface area contributed by atoms with Crippen molar-refractivity contribution in [3.63, 3.8) is 0 Å². The van der Waals surface area contributed by atoms with Crippen molar-refractivity contribution < 1.29 is 26.7 Å². The van der Waals surface area contributed by atoms with E-state index in [9.17, 15) is 22.0 Å². The zero-order chi connectivity index (χ0) is 19.6. The molecular weight excluding hydrogens is 378 g/mol. The lowest BCUT2D eigenvalue weighted by Crippen LogP contribution is -2.40. The highest BCUT2D eigenvalue weighted by molar-refractivity contribution is 7.89. The van der Waals surface area contributed by atoms with Gasteiger partial charge < -0.3 is 10.1 Å². The molecule has 0 radical (unpaired) electrons. The van der Waals surface area contributed by atoms with Gasteiger partial charge in [-0.25, -0.2) is 17.2 Å². The molecule has 1 N–H and O–H groups in total. The average molecular weight is 396 g/mol. The third kappa shape index (κ3) is 4.15. The molecule has 1 amide bonds. The Bertz CT molecular complexity index is 973. The molecule has 0 spiro atoms. The molecule has 144 valence electrons. The fourth-order valence-electron chi connectivity index (χ4n) is 2.72. The van der Waals surface area contributed by atoms with Gasteiger partial charge in [0.15, 0.2) is 11.6 Å². The van der Waals surface area contributed by atoms with Gasteiger partial charge >= 0.3 is 0 Å². The molecule has 2 aromatic carbocycles. The van der Waals surface area contributed by atoms with Crippen molar-refractivity contribution in [3.8, 4) is 0 Å². The summed E-state index contributed by atoms with van der Waals surface area (Å²) in [5.74, 6) is -2.74.